The highest BCUT2D eigenvalue weighted by atomic mass is 32.2. The van der Waals surface area contributed by atoms with Crippen molar-refractivity contribution in [2.45, 2.75) is 24.8 Å². The van der Waals surface area contributed by atoms with E-state index in [1.165, 1.54) is 4.31 Å². The second kappa shape index (κ2) is 10.3. The molecule has 2 saturated heterocycles. The predicted octanol–water partition coefficient (Wildman–Crippen LogP) is 1.87. The maximum Gasteiger partial charge on any atom is 0.243 e. The zero-order valence-electron chi connectivity index (χ0n) is 19.6. The van der Waals surface area contributed by atoms with Gasteiger partial charge in [0.25, 0.3) is 0 Å². The number of sulfonamides is 1. The summed E-state index contributed by atoms with van der Waals surface area (Å²) in [4.78, 5) is 17.5. The Morgan fingerprint density at radius 3 is 2.29 bits per heavy atom. The van der Waals surface area contributed by atoms with Gasteiger partial charge in [0.2, 0.25) is 15.9 Å². The quantitative estimate of drug-likeness (QED) is 0.640. The summed E-state index contributed by atoms with van der Waals surface area (Å²) in [5.74, 6) is 0.0707. The average Bonchev–Trinajstić information content (AvgIpc) is 2.85. The van der Waals surface area contributed by atoms with Crippen molar-refractivity contribution in [2.24, 2.45) is 0 Å². The molecule has 4 rings (SSSR count). The van der Waals surface area contributed by atoms with Gasteiger partial charge in [0.1, 0.15) is 5.75 Å². The molecule has 0 bridgehead atoms. The van der Waals surface area contributed by atoms with Crippen LogP contribution < -0.4 is 10.2 Å². The first kappa shape index (κ1) is 24.5. The van der Waals surface area contributed by atoms with Crippen LogP contribution in [0.15, 0.2) is 47.4 Å². The molecule has 2 fully saturated rings. The minimum atomic E-state index is -3.66. The van der Waals surface area contributed by atoms with Crippen LogP contribution in [-0.4, -0.2) is 87.2 Å². The first-order valence-electron chi connectivity index (χ1n) is 11.5. The zero-order valence-corrected chi connectivity index (χ0v) is 20.4. The van der Waals surface area contributed by atoms with Crippen LogP contribution in [0.1, 0.15) is 12.5 Å². The molecule has 0 radical (unpaired) electrons. The zero-order chi connectivity index (χ0) is 24.3. The number of phenolic OH excluding ortho intramolecular Hbond substituents is 1. The molecule has 0 saturated carbocycles. The minimum Gasteiger partial charge on any atom is -0.508 e. The van der Waals surface area contributed by atoms with Gasteiger partial charge in [-0.05, 0) is 55.8 Å². The van der Waals surface area contributed by atoms with Crippen molar-refractivity contribution in [1.29, 1.82) is 0 Å². The predicted molar refractivity (Wildman–Crippen MR) is 131 cm³/mol. The van der Waals surface area contributed by atoms with Gasteiger partial charge in [-0.15, -0.1) is 0 Å². The number of morpholine rings is 1. The van der Waals surface area contributed by atoms with Crippen LogP contribution >= 0.6 is 0 Å². The third-order valence-electron chi connectivity index (χ3n) is 6.50. The lowest BCUT2D eigenvalue weighted by molar-refractivity contribution is -0.120. The lowest BCUT2D eigenvalue weighted by atomic mass is 10.1. The number of aromatic hydroxyl groups is 1. The maximum absolute atomic E-state index is 13.1. The topological polar surface area (TPSA) is 102 Å². The Labute approximate surface area is 201 Å². The van der Waals surface area contributed by atoms with E-state index in [1.807, 2.05) is 19.1 Å². The Balaban J connectivity index is 1.39. The van der Waals surface area contributed by atoms with Crippen molar-refractivity contribution in [3.8, 4) is 5.75 Å². The molecule has 0 aliphatic carbocycles. The van der Waals surface area contributed by atoms with Crippen LogP contribution in [0.2, 0.25) is 0 Å². The molecular weight excluding hydrogens is 456 g/mol. The van der Waals surface area contributed by atoms with Crippen molar-refractivity contribution >= 4 is 27.3 Å². The summed E-state index contributed by atoms with van der Waals surface area (Å²) in [6.45, 7) is 8.03. The summed E-state index contributed by atoms with van der Waals surface area (Å²) in [6.07, 6.45) is 0. The molecule has 2 aromatic rings. The average molecular weight is 489 g/mol. The maximum atomic E-state index is 13.1. The van der Waals surface area contributed by atoms with E-state index in [0.717, 1.165) is 31.9 Å². The number of carbonyl (C=O) groups is 1. The van der Waals surface area contributed by atoms with Crippen molar-refractivity contribution in [2.75, 3.05) is 62.7 Å². The Morgan fingerprint density at radius 1 is 1.00 bits per heavy atom. The molecule has 1 atom stereocenters. The summed E-state index contributed by atoms with van der Waals surface area (Å²) >= 11 is 0. The number of anilines is 2. The van der Waals surface area contributed by atoms with Gasteiger partial charge in [0, 0.05) is 50.6 Å². The van der Waals surface area contributed by atoms with Gasteiger partial charge in [0.15, 0.2) is 0 Å². The number of nitrogens with one attached hydrogen (secondary N) is 1. The molecule has 0 spiro atoms. The molecule has 9 nitrogen and oxygen atoms in total. The fraction of sp³-hybridized carbons (Fsp3) is 0.458. The molecule has 2 aromatic carbocycles. The Hall–Kier alpha value is -2.66. The van der Waals surface area contributed by atoms with E-state index in [0.29, 0.717) is 37.6 Å². The third kappa shape index (κ3) is 5.35. The summed E-state index contributed by atoms with van der Waals surface area (Å²) in [5, 5.41) is 12.4. The van der Waals surface area contributed by atoms with Gasteiger partial charge in [-0.3, -0.25) is 9.69 Å². The molecule has 2 aliphatic rings. The minimum absolute atomic E-state index is 0.170. The van der Waals surface area contributed by atoms with Gasteiger partial charge >= 0.3 is 0 Å². The van der Waals surface area contributed by atoms with Crippen molar-refractivity contribution in [3.05, 3.63) is 48.0 Å². The first-order chi connectivity index (χ1) is 16.3. The van der Waals surface area contributed by atoms with E-state index in [1.54, 1.807) is 37.3 Å². The number of aryl methyl sites for hydroxylation is 1. The molecule has 34 heavy (non-hydrogen) atoms. The smallest absolute Gasteiger partial charge is 0.243 e. The number of nitrogens with zero attached hydrogens (tertiary/aromatic N) is 3. The van der Waals surface area contributed by atoms with Crippen LogP contribution in [0.4, 0.5) is 11.4 Å². The Bertz CT molecular complexity index is 1110. The lowest BCUT2D eigenvalue weighted by Gasteiger charge is -2.38. The molecule has 0 aromatic heterocycles. The third-order valence-corrected chi connectivity index (χ3v) is 8.54. The van der Waals surface area contributed by atoms with Gasteiger partial charge < -0.3 is 20.1 Å². The van der Waals surface area contributed by atoms with Crippen LogP contribution in [0.3, 0.4) is 0 Å². The molecule has 2 N–H and O–H groups in total. The number of carbonyl (C=O) groups excluding carboxylic acids is 1. The number of rotatable bonds is 6. The van der Waals surface area contributed by atoms with Crippen molar-refractivity contribution in [1.82, 2.24) is 9.21 Å². The molecule has 1 amide bonds. The van der Waals surface area contributed by atoms with E-state index in [2.05, 4.69) is 15.1 Å². The highest BCUT2D eigenvalue weighted by molar-refractivity contribution is 7.89. The SMILES string of the molecule is Cc1ccc(NC(=O)C(C)N2CCN(c3ccc(O)cc3)CC2)cc1S(=O)(=O)N1CCOCC1. The highest BCUT2D eigenvalue weighted by Crippen LogP contribution is 2.25. The fourth-order valence-electron chi connectivity index (χ4n) is 4.33. The first-order valence-corrected chi connectivity index (χ1v) is 13.0. The summed E-state index contributed by atoms with van der Waals surface area (Å²) in [7, 11) is -3.66. The Morgan fingerprint density at radius 2 is 1.65 bits per heavy atom. The number of amides is 1. The van der Waals surface area contributed by atoms with Gasteiger partial charge in [0.05, 0.1) is 24.2 Å². The highest BCUT2D eigenvalue weighted by Gasteiger charge is 2.29. The molecule has 10 heteroatoms. The number of phenols is 1. The van der Waals surface area contributed by atoms with Crippen LogP contribution in [-0.2, 0) is 19.6 Å². The number of hydrogen-bond donors (Lipinski definition) is 2. The van der Waals surface area contributed by atoms with E-state index >= 15 is 0 Å². The fourth-order valence-corrected chi connectivity index (χ4v) is 5.98. The monoisotopic (exact) mass is 488 g/mol. The number of ether oxygens (including phenoxy) is 1. The van der Waals surface area contributed by atoms with E-state index < -0.39 is 10.0 Å². The summed E-state index contributed by atoms with van der Waals surface area (Å²) in [6, 6.07) is 11.8. The molecule has 184 valence electrons. The summed E-state index contributed by atoms with van der Waals surface area (Å²) in [5.41, 5.74) is 2.16. The molecular formula is C24H32N4O5S. The lowest BCUT2D eigenvalue weighted by Crippen LogP contribution is -2.52. The second-order valence-corrected chi connectivity index (χ2v) is 10.6. The van der Waals surface area contributed by atoms with Gasteiger partial charge in [-0.2, -0.15) is 4.31 Å². The van der Waals surface area contributed by atoms with Gasteiger partial charge in [-0.1, -0.05) is 6.07 Å². The second-order valence-electron chi connectivity index (χ2n) is 8.70. The Kier molecular flexibility index (Phi) is 7.42. The standard InChI is InChI=1S/C24H32N4O5S/c1-18-3-4-20(17-23(18)34(31,32)28-13-15-33-16-14-28)25-24(30)19(2)26-9-11-27(12-10-26)21-5-7-22(29)8-6-21/h3-8,17,19,29H,9-16H2,1-2H3,(H,25,30). The van der Waals surface area contributed by atoms with Crippen LogP contribution in [0, 0.1) is 6.92 Å². The van der Waals surface area contributed by atoms with E-state index in [9.17, 15) is 18.3 Å². The van der Waals surface area contributed by atoms with Gasteiger partial charge in [-0.25, -0.2) is 8.42 Å². The number of benzene rings is 2. The van der Waals surface area contributed by atoms with E-state index in [-0.39, 0.29) is 22.6 Å². The summed E-state index contributed by atoms with van der Waals surface area (Å²) < 4.78 is 33.0. The van der Waals surface area contributed by atoms with Crippen molar-refractivity contribution < 1.29 is 23.1 Å². The van der Waals surface area contributed by atoms with Crippen molar-refractivity contribution in [3.63, 3.8) is 0 Å². The van der Waals surface area contributed by atoms with Crippen LogP contribution in [0.5, 0.6) is 5.75 Å². The molecule has 2 aliphatic heterocycles. The normalized spacial score (nSPS) is 19.1. The van der Waals surface area contributed by atoms with Crippen LogP contribution in [0.25, 0.3) is 0 Å². The number of piperazine rings is 1. The van der Waals surface area contributed by atoms with E-state index in [4.69, 9.17) is 4.74 Å². The number of hydrogen-bond acceptors (Lipinski definition) is 7. The largest absolute Gasteiger partial charge is 0.508 e. The molecule has 2 heterocycles. The molecule has 1 unspecified atom stereocenters.